The quantitative estimate of drug-likeness (QED) is 0.533. The van der Waals surface area contributed by atoms with Crippen molar-refractivity contribution in [3.63, 3.8) is 0 Å². The maximum Gasteiger partial charge on any atom is 0.226 e. The molecule has 0 N–H and O–H groups in total. The molecule has 1 aliphatic heterocycles. The van der Waals surface area contributed by atoms with Crippen molar-refractivity contribution in [3.05, 3.63) is 47.4 Å². The Balaban J connectivity index is 1.29. The summed E-state index contributed by atoms with van der Waals surface area (Å²) in [5, 5.41) is 11.2. The van der Waals surface area contributed by atoms with E-state index in [1.165, 1.54) is 12.8 Å². The van der Waals surface area contributed by atoms with Gasteiger partial charge in [-0.15, -0.1) is 0 Å². The Hall–Kier alpha value is -3.53. The van der Waals surface area contributed by atoms with E-state index in [0.717, 1.165) is 84.7 Å². The van der Waals surface area contributed by atoms with Crippen LogP contribution in [0.2, 0.25) is 0 Å². The molecular formula is C29H30N6O. The van der Waals surface area contributed by atoms with Crippen molar-refractivity contribution >= 4 is 22.8 Å². The van der Waals surface area contributed by atoms with Gasteiger partial charge in [0.15, 0.2) is 5.65 Å². The first kappa shape index (κ1) is 21.7. The summed E-state index contributed by atoms with van der Waals surface area (Å²) < 4.78 is 0. The largest absolute Gasteiger partial charge is 0.352 e. The SMILES string of the molecule is Cc1cc(-c2cc(C#N)c(N3CCN(C(=O)C4CC4)[C@H](C4CC4)C3)nc2C2CC2)c2cccnc2n1. The van der Waals surface area contributed by atoms with Crippen molar-refractivity contribution in [2.45, 2.75) is 57.4 Å². The Kier molecular flexibility index (Phi) is 4.99. The summed E-state index contributed by atoms with van der Waals surface area (Å²) in [5.74, 6) is 2.40. The van der Waals surface area contributed by atoms with Crippen LogP contribution in [0.25, 0.3) is 22.2 Å². The highest BCUT2D eigenvalue weighted by Crippen LogP contribution is 2.46. The molecule has 7 rings (SSSR count). The van der Waals surface area contributed by atoms with Crippen molar-refractivity contribution in [3.8, 4) is 17.2 Å². The van der Waals surface area contributed by atoms with Gasteiger partial charge in [-0.3, -0.25) is 4.79 Å². The van der Waals surface area contributed by atoms with Crippen molar-refractivity contribution in [2.75, 3.05) is 24.5 Å². The highest BCUT2D eigenvalue weighted by atomic mass is 16.2. The average molecular weight is 479 g/mol. The van der Waals surface area contributed by atoms with Crippen LogP contribution >= 0.6 is 0 Å². The van der Waals surface area contributed by atoms with Gasteiger partial charge >= 0.3 is 0 Å². The molecule has 4 aliphatic rings. The summed E-state index contributed by atoms with van der Waals surface area (Å²) in [6.07, 6.45) is 8.50. The third-order valence-corrected chi connectivity index (χ3v) is 8.21. The van der Waals surface area contributed by atoms with Crippen molar-refractivity contribution in [2.24, 2.45) is 11.8 Å². The second kappa shape index (κ2) is 8.26. The molecule has 3 aromatic rings. The van der Waals surface area contributed by atoms with Crippen LogP contribution in [0.3, 0.4) is 0 Å². The lowest BCUT2D eigenvalue weighted by atomic mass is 9.96. The van der Waals surface area contributed by atoms with Gasteiger partial charge in [-0.2, -0.15) is 5.26 Å². The molecule has 0 bridgehead atoms. The summed E-state index contributed by atoms with van der Waals surface area (Å²) in [6, 6.07) is 10.8. The number of aromatic nitrogens is 3. The van der Waals surface area contributed by atoms with Gasteiger partial charge in [-0.25, -0.2) is 15.0 Å². The first-order valence-electron chi connectivity index (χ1n) is 13.3. The molecule has 0 aromatic carbocycles. The van der Waals surface area contributed by atoms with Crippen molar-refractivity contribution in [1.29, 1.82) is 5.26 Å². The maximum atomic E-state index is 13.0. The lowest BCUT2D eigenvalue weighted by molar-refractivity contribution is -0.135. The Morgan fingerprint density at radius 3 is 2.61 bits per heavy atom. The molecule has 0 unspecified atom stereocenters. The van der Waals surface area contributed by atoms with Gasteiger partial charge in [0.25, 0.3) is 0 Å². The summed E-state index contributed by atoms with van der Waals surface area (Å²) in [7, 11) is 0. The second-order valence-corrected chi connectivity index (χ2v) is 11.0. The maximum absolute atomic E-state index is 13.0. The van der Waals surface area contributed by atoms with Gasteiger partial charge in [-0.05, 0) is 81.2 Å². The molecule has 4 heterocycles. The topological polar surface area (TPSA) is 86.0 Å². The van der Waals surface area contributed by atoms with E-state index in [1.54, 1.807) is 6.20 Å². The minimum absolute atomic E-state index is 0.238. The number of nitrogens with zero attached hydrogens (tertiary/aromatic N) is 6. The molecule has 1 amide bonds. The number of fused-ring (bicyclic) bond motifs is 1. The molecule has 7 nitrogen and oxygen atoms in total. The minimum Gasteiger partial charge on any atom is -0.352 e. The molecule has 3 saturated carbocycles. The van der Waals surface area contributed by atoms with Gasteiger partial charge in [-0.1, -0.05) is 0 Å². The minimum atomic E-state index is 0.238. The molecule has 36 heavy (non-hydrogen) atoms. The van der Waals surface area contributed by atoms with Gasteiger partial charge in [0.1, 0.15) is 11.9 Å². The molecule has 4 fully saturated rings. The summed E-state index contributed by atoms with van der Waals surface area (Å²) >= 11 is 0. The number of pyridine rings is 3. The van der Waals surface area contributed by atoms with Crippen LogP contribution in [0.1, 0.15) is 61.4 Å². The van der Waals surface area contributed by atoms with E-state index < -0.39 is 0 Å². The van der Waals surface area contributed by atoms with Gasteiger partial charge in [0.05, 0.1) is 17.3 Å². The molecule has 7 heteroatoms. The third kappa shape index (κ3) is 3.80. The van der Waals surface area contributed by atoms with Crippen LogP contribution < -0.4 is 4.90 Å². The van der Waals surface area contributed by atoms with E-state index in [9.17, 15) is 10.1 Å². The molecule has 0 radical (unpaired) electrons. The zero-order valence-corrected chi connectivity index (χ0v) is 20.7. The molecule has 0 spiro atoms. The predicted molar refractivity (Wildman–Crippen MR) is 137 cm³/mol. The van der Waals surface area contributed by atoms with Crippen LogP contribution in [0.4, 0.5) is 5.82 Å². The predicted octanol–water partition coefficient (Wildman–Crippen LogP) is 4.59. The number of piperazine rings is 1. The lowest BCUT2D eigenvalue weighted by Gasteiger charge is -2.43. The molecule has 182 valence electrons. The van der Waals surface area contributed by atoms with Crippen LogP contribution in [0.15, 0.2) is 30.5 Å². The third-order valence-electron chi connectivity index (χ3n) is 8.21. The Morgan fingerprint density at radius 1 is 1.06 bits per heavy atom. The summed E-state index contributed by atoms with van der Waals surface area (Å²) in [5.41, 5.74) is 5.41. The van der Waals surface area contributed by atoms with Gasteiger partial charge in [0, 0.05) is 54.3 Å². The number of carbonyl (C=O) groups is 1. The number of rotatable bonds is 5. The first-order valence-corrected chi connectivity index (χ1v) is 13.3. The Bertz CT molecular complexity index is 1420. The standard InChI is InChI=1S/C29H30N6O/c1-17-13-23(22-3-2-10-31-27(22)32-17)24-14-21(15-30)28(33-26(24)19-6-7-19)34-11-12-35(29(36)20-8-9-20)25(16-34)18-4-5-18/h2-3,10,13-14,18-20,25H,4-9,11-12,16H2,1H3/t25-/m0/s1. The number of aryl methyl sites for hydroxylation is 1. The number of anilines is 1. The molecular weight excluding hydrogens is 448 g/mol. The number of hydrogen-bond acceptors (Lipinski definition) is 6. The smallest absolute Gasteiger partial charge is 0.226 e. The number of amides is 1. The molecule has 3 aliphatic carbocycles. The van der Waals surface area contributed by atoms with E-state index in [0.29, 0.717) is 23.3 Å². The average Bonchev–Trinajstić information content (AvgIpc) is 3.76. The van der Waals surface area contributed by atoms with E-state index >= 15 is 0 Å². The van der Waals surface area contributed by atoms with Crippen molar-refractivity contribution < 1.29 is 4.79 Å². The van der Waals surface area contributed by atoms with Crippen LogP contribution in [-0.4, -0.2) is 51.4 Å². The van der Waals surface area contributed by atoms with Gasteiger partial charge in [0.2, 0.25) is 5.91 Å². The fourth-order valence-corrected chi connectivity index (χ4v) is 5.85. The van der Waals surface area contributed by atoms with E-state index in [-0.39, 0.29) is 12.0 Å². The highest BCUT2D eigenvalue weighted by Gasteiger charge is 2.45. The fourth-order valence-electron chi connectivity index (χ4n) is 5.85. The fraction of sp³-hybridized carbons (Fsp3) is 0.483. The van der Waals surface area contributed by atoms with Crippen LogP contribution in [0.5, 0.6) is 0 Å². The second-order valence-electron chi connectivity index (χ2n) is 11.0. The van der Waals surface area contributed by atoms with Crippen molar-refractivity contribution in [1.82, 2.24) is 19.9 Å². The molecule has 3 aromatic heterocycles. The molecule has 1 saturated heterocycles. The van der Waals surface area contributed by atoms with Crippen LogP contribution in [-0.2, 0) is 4.79 Å². The number of nitriles is 1. The Morgan fingerprint density at radius 2 is 1.89 bits per heavy atom. The van der Waals surface area contributed by atoms with E-state index in [4.69, 9.17) is 4.98 Å². The zero-order chi connectivity index (χ0) is 24.4. The number of hydrogen-bond donors (Lipinski definition) is 0. The van der Waals surface area contributed by atoms with E-state index in [1.807, 2.05) is 19.1 Å². The normalized spacial score (nSPS) is 22.1. The summed E-state index contributed by atoms with van der Waals surface area (Å²) in [4.78, 5) is 31.8. The highest BCUT2D eigenvalue weighted by molar-refractivity contribution is 5.94. The van der Waals surface area contributed by atoms with Crippen LogP contribution in [0, 0.1) is 30.1 Å². The zero-order valence-electron chi connectivity index (χ0n) is 20.7. The number of carbonyl (C=O) groups excluding carboxylic acids is 1. The first-order chi connectivity index (χ1) is 17.6. The molecule has 1 atom stereocenters. The monoisotopic (exact) mass is 478 g/mol. The summed E-state index contributed by atoms with van der Waals surface area (Å²) in [6.45, 7) is 4.22. The Labute approximate surface area is 211 Å². The van der Waals surface area contributed by atoms with Gasteiger partial charge < -0.3 is 9.80 Å². The lowest BCUT2D eigenvalue weighted by Crippen LogP contribution is -2.57. The van der Waals surface area contributed by atoms with E-state index in [2.05, 4.69) is 38.0 Å².